The molecule has 92 valence electrons. The van der Waals surface area contributed by atoms with Crippen LogP contribution in [0.4, 0.5) is 0 Å². The third-order valence-electron chi connectivity index (χ3n) is 2.93. The van der Waals surface area contributed by atoms with E-state index in [1.165, 1.54) is 64.2 Å². The second kappa shape index (κ2) is 18.0. The Morgan fingerprint density at radius 1 is 0.688 bits per heavy atom. The van der Waals surface area contributed by atoms with E-state index in [4.69, 9.17) is 0 Å². The first-order valence-electron chi connectivity index (χ1n) is 6.85. The van der Waals surface area contributed by atoms with Crippen molar-refractivity contribution in [1.29, 1.82) is 0 Å². The number of hydrogen-bond donors (Lipinski definition) is 0. The van der Waals surface area contributed by atoms with Gasteiger partial charge in [-0.25, -0.2) is 0 Å². The van der Waals surface area contributed by atoms with E-state index in [1.807, 2.05) is 0 Å². The van der Waals surface area contributed by atoms with Gasteiger partial charge in [0.1, 0.15) is 6.29 Å². The van der Waals surface area contributed by atoms with E-state index in [1.54, 1.807) is 0 Å². The van der Waals surface area contributed by atoms with Gasteiger partial charge in [0.2, 0.25) is 0 Å². The van der Waals surface area contributed by atoms with Crippen LogP contribution in [0, 0.1) is 0 Å². The fraction of sp³-hybridized carbons (Fsp3) is 0.929. The maximum atomic E-state index is 10.1. The molecule has 0 unspecified atom stereocenters. The molecule has 1 nitrogen and oxygen atoms in total. The molecule has 0 radical (unpaired) electrons. The number of carbonyl (C=O) groups excluding carboxylic acids is 1. The number of rotatable bonds is 12. The van der Waals surface area contributed by atoms with E-state index in [2.05, 4.69) is 6.92 Å². The minimum atomic E-state index is 0. The summed E-state index contributed by atoms with van der Waals surface area (Å²) in [5.74, 6) is 0. The van der Waals surface area contributed by atoms with E-state index >= 15 is 0 Å². The van der Waals surface area contributed by atoms with Crippen molar-refractivity contribution >= 4 is 35.8 Å². The summed E-state index contributed by atoms with van der Waals surface area (Å²) in [7, 11) is 0. The standard InChI is InChI=1S/C14H28O.Na.H/c1-2-3-4-5-6-7-8-9-10-11-12-13-14-15;;/h14H,2-13H2,1H3;;. The Kier molecular flexibility index (Phi) is 21.5. The van der Waals surface area contributed by atoms with Gasteiger partial charge in [0.25, 0.3) is 0 Å². The van der Waals surface area contributed by atoms with Crippen molar-refractivity contribution in [3.63, 3.8) is 0 Å². The fourth-order valence-electron chi connectivity index (χ4n) is 1.89. The van der Waals surface area contributed by atoms with Crippen LogP contribution in [0.15, 0.2) is 0 Å². The SMILES string of the molecule is CCCCCCCCCCCCCC=O.[NaH]. The summed E-state index contributed by atoms with van der Waals surface area (Å²) in [6.07, 6.45) is 16.7. The van der Waals surface area contributed by atoms with Crippen molar-refractivity contribution in [3.05, 3.63) is 0 Å². The molecule has 0 fully saturated rings. The zero-order valence-corrected chi connectivity index (χ0v) is 10.5. The van der Waals surface area contributed by atoms with Crippen LogP contribution in [0.25, 0.3) is 0 Å². The topological polar surface area (TPSA) is 17.1 Å². The van der Waals surface area contributed by atoms with Crippen LogP contribution in [0.5, 0.6) is 0 Å². The van der Waals surface area contributed by atoms with Gasteiger partial charge in [0.05, 0.1) is 0 Å². The van der Waals surface area contributed by atoms with Gasteiger partial charge in [-0.05, 0) is 6.42 Å². The fourth-order valence-corrected chi connectivity index (χ4v) is 1.89. The number of carbonyl (C=O) groups is 1. The normalized spacial score (nSPS) is 9.81. The summed E-state index contributed by atoms with van der Waals surface area (Å²) in [6.45, 7) is 2.26. The third kappa shape index (κ3) is 17.1. The van der Waals surface area contributed by atoms with Crippen LogP contribution in [0.1, 0.15) is 84.0 Å². The third-order valence-corrected chi connectivity index (χ3v) is 2.93. The Balaban J connectivity index is 0. The van der Waals surface area contributed by atoms with Gasteiger partial charge in [0.15, 0.2) is 0 Å². The molecule has 16 heavy (non-hydrogen) atoms. The average molecular weight is 236 g/mol. The van der Waals surface area contributed by atoms with Crippen molar-refractivity contribution in [1.82, 2.24) is 0 Å². The van der Waals surface area contributed by atoms with Crippen LogP contribution >= 0.6 is 0 Å². The Bertz CT molecular complexity index is 126. The second-order valence-electron chi connectivity index (χ2n) is 4.49. The Morgan fingerprint density at radius 2 is 1.06 bits per heavy atom. The predicted molar refractivity (Wildman–Crippen MR) is 74.3 cm³/mol. The molecule has 0 saturated carbocycles. The zero-order valence-electron chi connectivity index (χ0n) is 10.5. The van der Waals surface area contributed by atoms with Crippen LogP contribution in [0.2, 0.25) is 0 Å². The molecule has 0 spiro atoms. The molecular formula is C14H29NaO. The molecule has 0 aliphatic heterocycles. The van der Waals surface area contributed by atoms with E-state index in [9.17, 15) is 4.79 Å². The van der Waals surface area contributed by atoms with Crippen LogP contribution in [-0.4, -0.2) is 35.8 Å². The van der Waals surface area contributed by atoms with Crippen LogP contribution < -0.4 is 0 Å². The van der Waals surface area contributed by atoms with Gasteiger partial charge in [-0.1, -0.05) is 71.1 Å². The molecule has 0 aromatic rings. The number of aldehydes is 1. The van der Waals surface area contributed by atoms with E-state index < -0.39 is 0 Å². The summed E-state index contributed by atoms with van der Waals surface area (Å²) < 4.78 is 0. The molecule has 0 rings (SSSR count). The molecule has 0 atom stereocenters. The quantitative estimate of drug-likeness (QED) is 0.281. The molecule has 0 saturated heterocycles. The molecule has 0 heterocycles. The zero-order chi connectivity index (χ0) is 11.2. The van der Waals surface area contributed by atoms with E-state index in [0.29, 0.717) is 0 Å². The van der Waals surface area contributed by atoms with Crippen molar-refractivity contribution in [2.24, 2.45) is 0 Å². The summed E-state index contributed by atoms with van der Waals surface area (Å²) in [5, 5.41) is 0. The minimum absolute atomic E-state index is 0. The molecule has 0 N–H and O–H groups in total. The molecule has 2 heteroatoms. The Labute approximate surface area is 124 Å². The summed E-state index contributed by atoms with van der Waals surface area (Å²) in [5.41, 5.74) is 0. The van der Waals surface area contributed by atoms with E-state index in [0.717, 1.165) is 19.1 Å². The van der Waals surface area contributed by atoms with Gasteiger partial charge >= 0.3 is 29.6 Å². The van der Waals surface area contributed by atoms with E-state index in [-0.39, 0.29) is 29.6 Å². The van der Waals surface area contributed by atoms with Crippen LogP contribution in [0.3, 0.4) is 0 Å². The molecule has 0 aliphatic carbocycles. The first kappa shape index (κ1) is 19.0. The number of unbranched alkanes of at least 4 members (excludes halogenated alkanes) is 11. The maximum absolute atomic E-state index is 10.1. The molecule has 0 amide bonds. The summed E-state index contributed by atoms with van der Waals surface area (Å²) in [6, 6.07) is 0. The predicted octanol–water partition coefficient (Wildman–Crippen LogP) is 4.24. The Morgan fingerprint density at radius 3 is 1.44 bits per heavy atom. The van der Waals surface area contributed by atoms with Gasteiger partial charge in [-0.15, -0.1) is 0 Å². The first-order chi connectivity index (χ1) is 7.41. The van der Waals surface area contributed by atoms with Crippen molar-refractivity contribution in [2.75, 3.05) is 0 Å². The molecular weight excluding hydrogens is 207 g/mol. The average Bonchev–Trinajstić information content (AvgIpc) is 2.26. The molecule has 0 aromatic heterocycles. The molecule has 0 aromatic carbocycles. The summed E-state index contributed by atoms with van der Waals surface area (Å²) in [4.78, 5) is 10.1. The summed E-state index contributed by atoms with van der Waals surface area (Å²) >= 11 is 0. The van der Waals surface area contributed by atoms with Gasteiger partial charge in [0, 0.05) is 6.42 Å². The van der Waals surface area contributed by atoms with Gasteiger partial charge < -0.3 is 4.79 Å². The second-order valence-corrected chi connectivity index (χ2v) is 4.49. The van der Waals surface area contributed by atoms with Crippen molar-refractivity contribution < 1.29 is 4.79 Å². The Hall–Kier alpha value is 0.670. The molecule has 0 aliphatic rings. The molecule has 0 bridgehead atoms. The first-order valence-corrected chi connectivity index (χ1v) is 6.85. The van der Waals surface area contributed by atoms with Crippen molar-refractivity contribution in [3.8, 4) is 0 Å². The van der Waals surface area contributed by atoms with Crippen molar-refractivity contribution in [2.45, 2.75) is 84.0 Å². The van der Waals surface area contributed by atoms with Crippen LogP contribution in [-0.2, 0) is 4.79 Å². The van der Waals surface area contributed by atoms with Gasteiger partial charge in [-0.3, -0.25) is 0 Å². The monoisotopic (exact) mass is 236 g/mol. The van der Waals surface area contributed by atoms with Gasteiger partial charge in [-0.2, -0.15) is 0 Å². The number of hydrogen-bond acceptors (Lipinski definition) is 1.